The number of carboxylic acids is 1. The normalized spacial score (nSPS) is 31.0. The van der Waals surface area contributed by atoms with Crippen LogP contribution in [0, 0.1) is 23.7 Å². The zero-order valence-electron chi connectivity index (χ0n) is 12.9. The molecule has 0 aliphatic heterocycles. The van der Waals surface area contributed by atoms with Crippen LogP contribution in [0.5, 0.6) is 0 Å². The monoisotopic (exact) mass is 301 g/mol. The van der Waals surface area contributed by atoms with Crippen molar-refractivity contribution < 1.29 is 14.7 Å². The SMILES string of the molecule is CC[C@@H](NC(=O)[C@H]1[C@H]2CC[C@@H](C2)[C@@H]1C(=O)O)c1ccccc1. The van der Waals surface area contributed by atoms with Crippen LogP contribution in [0.25, 0.3) is 0 Å². The van der Waals surface area contributed by atoms with Crippen LogP contribution in [0.4, 0.5) is 0 Å². The number of aliphatic carboxylic acids is 1. The Morgan fingerprint density at radius 3 is 2.41 bits per heavy atom. The standard InChI is InChI=1S/C18H23NO3/c1-2-14(11-6-4-3-5-7-11)19-17(20)15-12-8-9-13(10-12)16(15)18(21)22/h3-7,12-16H,2,8-10H2,1H3,(H,19,20)(H,21,22)/t12-,13-,14+,15-,16-/m0/s1. The second-order valence-electron chi connectivity index (χ2n) is 6.60. The minimum atomic E-state index is -0.805. The maximum Gasteiger partial charge on any atom is 0.307 e. The molecule has 1 aromatic carbocycles. The fourth-order valence-corrected chi connectivity index (χ4v) is 4.40. The average Bonchev–Trinajstić information content (AvgIpc) is 3.14. The van der Waals surface area contributed by atoms with Gasteiger partial charge in [-0.15, -0.1) is 0 Å². The van der Waals surface area contributed by atoms with Crippen LogP contribution in [0.1, 0.15) is 44.2 Å². The molecule has 2 saturated carbocycles. The molecule has 4 heteroatoms. The summed E-state index contributed by atoms with van der Waals surface area (Å²) in [5, 5.41) is 12.6. The van der Waals surface area contributed by atoms with Crippen molar-refractivity contribution >= 4 is 11.9 Å². The first kappa shape index (κ1) is 15.1. The van der Waals surface area contributed by atoms with Crippen molar-refractivity contribution in [2.45, 2.75) is 38.6 Å². The predicted molar refractivity (Wildman–Crippen MR) is 83.1 cm³/mol. The number of amides is 1. The van der Waals surface area contributed by atoms with E-state index in [9.17, 15) is 14.7 Å². The molecule has 5 atom stereocenters. The maximum absolute atomic E-state index is 12.7. The Hall–Kier alpha value is -1.84. The quantitative estimate of drug-likeness (QED) is 0.878. The second kappa shape index (κ2) is 6.11. The summed E-state index contributed by atoms with van der Waals surface area (Å²) in [7, 11) is 0. The van der Waals surface area contributed by atoms with E-state index < -0.39 is 11.9 Å². The van der Waals surface area contributed by atoms with Crippen molar-refractivity contribution in [2.75, 3.05) is 0 Å². The van der Waals surface area contributed by atoms with Crippen LogP contribution >= 0.6 is 0 Å². The molecule has 0 radical (unpaired) electrons. The first-order chi connectivity index (χ1) is 10.6. The molecule has 2 N–H and O–H groups in total. The van der Waals surface area contributed by atoms with Gasteiger partial charge in [-0.3, -0.25) is 9.59 Å². The van der Waals surface area contributed by atoms with Gasteiger partial charge in [0.25, 0.3) is 0 Å². The minimum absolute atomic E-state index is 0.0396. The summed E-state index contributed by atoms with van der Waals surface area (Å²) in [6.07, 6.45) is 3.65. The third-order valence-corrected chi connectivity index (χ3v) is 5.43. The summed E-state index contributed by atoms with van der Waals surface area (Å²) >= 11 is 0. The molecular weight excluding hydrogens is 278 g/mol. The summed E-state index contributed by atoms with van der Waals surface area (Å²) in [6.45, 7) is 2.04. The van der Waals surface area contributed by atoms with Crippen molar-refractivity contribution in [3.63, 3.8) is 0 Å². The van der Waals surface area contributed by atoms with Crippen LogP contribution in [0.3, 0.4) is 0 Å². The Bertz CT molecular complexity index is 557. The molecule has 0 spiro atoms. The number of rotatable bonds is 5. The van der Waals surface area contributed by atoms with Crippen LogP contribution < -0.4 is 5.32 Å². The molecule has 3 rings (SSSR count). The number of carbonyl (C=O) groups excluding carboxylic acids is 1. The highest BCUT2D eigenvalue weighted by Crippen LogP contribution is 2.52. The van der Waals surface area contributed by atoms with Gasteiger partial charge in [0.15, 0.2) is 0 Å². The Kier molecular flexibility index (Phi) is 4.19. The summed E-state index contributed by atoms with van der Waals surface area (Å²) in [4.78, 5) is 24.3. The van der Waals surface area contributed by atoms with E-state index in [-0.39, 0.29) is 29.7 Å². The molecule has 0 heterocycles. The third kappa shape index (κ3) is 2.62. The van der Waals surface area contributed by atoms with Crippen molar-refractivity contribution in [3.8, 4) is 0 Å². The van der Waals surface area contributed by atoms with E-state index in [2.05, 4.69) is 5.32 Å². The van der Waals surface area contributed by atoms with E-state index in [1.807, 2.05) is 37.3 Å². The first-order valence-electron chi connectivity index (χ1n) is 8.20. The molecule has 118 valence electrons. The van der Waals surface area contributed by atoms with E-state index >= 15 is 0 Å². The van der Waals surface area contributed by atoms with E-state index in [1.165, 1.54) is 0 Å². The number of nitrogens with one attached hydrogen (secondary N) is 1. The summed E-state index contributed by atoms with van der Waals surface area (Å²) < 4.78 is 0. The summed E-state index contributed by atoms with van der Waals surface area (Å²) in [5.74, 6) is -1.29. The van der Waals surface area contributed by atoms with Crippen LogP contribution in [-0.2, 0) is 9.59 Å². The molecule has 0 unspecified atom stereocenters. The smallest absolute Gasteiger partial charge is 0.307 e. The van der Waals surface area contributed by atoms with Gasteiger partial charge >= 0.3 is 5.97 Å². The largest absolute Gasteiger partial charge is 0.481 e. The second-order valence-corrected chi connectivity index (χ2v) is 6.60. The molecule has 1 amide bonds. The number of benzene rings is 1. The molecule has 0 aromatic heterocycles. The van der Waals surface area contributed by atoms with E-state index in [0.29, 0.717) is 0 Å². The Balaban J connectivity index is 1.74. The highest BCUT2D eigenvalue weighted by atomic mass is 16.4. The number of hydrogen-bond donors (Lipinski definition) is 2. The molecule has 1 aromatic rings. The lowest BCUT2D eigenvalue weighted by Gasteiger charge is -2.29. The van der Waals surface area contributed by atoms with Crippen molar-refractivity contribution in [1.29, 1.82) is 0 Å². The molecule has 2 aliphatic rings. The molecule has 2 fully saturated rings. The third-order valence-electron chi connectivity index (χ3n) is 5.43. The van der Waals surface area contributed by atoms with Crippen molar-refractivity contribution in [1.82, 2.24) is 5.32 Å². The summed E-state index contributed by atoms with van der Waals surface area (Å²) in [5.41, 5.74) is 1.08. The molecule has 2 aliphatic carbocycles. The Labute approximate surface area is 130 Å². The predicted octanol–water partition coefficient (Wildman–Crippen LogP) is 3.00. The zero-order valence-corrected chi connectivity index (χ0v) is 12.9. The molecule has 2 bridgehead atoms. The number of fused-ring (bicyclic) bond motifs is 2. The minimum Gasteiger partial charge on any atom is -0.481 e. The fourth-order valence-electron chi connectivity index (χ4n) is 4.40. The van der Waals surface area contributed by atoms with Gasteiger partial charge in [0.1, 0.15) is 0 Å². The van der Waals surface area contributed by atoms with Gasteiger partial charge in [-0.05, 0) is 43.1 Å². The van der Waals surface area contributed by atoms with Crippen LogP contribution in [0.2, 0.25) is 0 Å². The zero-order chi connectivity index (χ0) is 15.7. The Morgan fingerprint density at radius 2 is 1.82 bits per heavy atom. The van der Waals surface area contributed by atoms with Gasteiger partial charge in [0.2, 0.25) is 5.91 Å². The van der Waals surface area contributed by atoms with E-state index in [1.54, 1.807) is 0 Å². The van der Waals surface area contributed by atoms with Gasteiger partial charge in [-0.25, -0.2) is 0 Å². The van der Waals surface area contributed by atoms with Gasteiger partial charge < -0.3 is 10.4 Å². The average molecular weight is 301 g/mol. The van der Waals surface area contributed by atoms with E-state index in [0.717, 1.165) is 31.2 Å². The lowest BCUT2D eigenvalue weighted by atomic mass is 9.78. The fraction of sp³-hybridized carbons (Fsp3) is 0.556. The molecule has 0 saturated heterocycles. The number of carbonyl (C=O) groups is 2. The van der Waals surface area contributed by atoms with Crippen LogP contribution in [0.15, 0.2) is 30.3 Å². The molecular formula is C18H23NO3. The molecule has 4 nitrogen and oxygen atoms in total. The van der Waals surface area contributed by atoms with Gasteiger partial charge in [0.05, 0.1) is 17.9 Å². The lowest BCUT2D eigenvalue weighted by molar-refractivity contribution is -0.149. The van der Waals surface area contributed by atoms with Gasteiger partial charge in [-0.2, -0.15) is 0 Å². The number of carboxylic acid groups (broad SMARTS) is 1. The Morgan fingerprint density at radius 1 is 1.18 bits per heavy atom. The van der Waals surface area contributed by atoms with Gasteiger partial charge in [0, 0.05) is 0 Å². The van der Waals surface area contributed by atoms with E-state index in [4.69, 9.17) is 0 Å². The van der Waals surface area contributed by atoms with Crippen molar-refractivity contribution in [3.05, 3.63) is 35.9 Å². The van der Waals surface area contributed by atoms with Crippen molar-refractivity contribution in [2.24, 2.45) is 23.7 Å². The topological polar surface area (TPSA) is 66.4 Å². The molecule has 22 heavy (non-hydrogen) atoms. The lowest BCUT2D eigenvalue weighted by Crippen LogP contribution is -2.42. The maximum atomic E-state index is 12.7. The number of hydrogen-bond acceptors (Lipinski definition) is 2. The summed E-state index contributed by atoms with van der Waals surface area (Å²) in [6, 6.07) is 9.84. The highest BCUT2D eigenvalue weighted by Gasteiger charge is 2.54. The van der Waals surface area contributed by atoms with Crippen LogP contribution in [-0.4, -0.2) is 17.0 Å². The van der Waals surface area contributed by atoms with Gasteiger partial charge in [-0.1, -0.05) is 37.3 Å². The highest BCUT2D eigenvalue weighted by molar-refractivity contribution is 5.86. The first-order valence-corrected chi connectivity index (χ1v) is 8.20.